The summed E-state index contributed by atoms with van der Waals surface area (Å²) in [4.78, 5) is 22.3. The SMILES string of the molecule is NC(CCC(=O)O)C(=O)Nc1cccc(-n2cccn2)c1. The van der Waals surface area contributed by atoms with Crippen LogP contribution in [0, 0.1) is 0 Å². The molecule has 0 saturated heterocycles. The monoisotopic (exact) mass is 288 g/mol. The van der Waals surface area contributed by atoms with Crippen molar-refractivity contribution in [3.63, 3.8) is 0 Å². The zero-order valence-electron chi connectivity index (χ0n) is 11.3. The summed E-state index contributed by atoms with van der Waals surface area (Å²) in [5.41, 5.74) is 7.04. The molecule has 4 N–H and O–H groups in total. The lowest BCUT2D eigenvalue weighted by Gasteiger charge is -2.12. The number of anilines is 1. The van der Waals surface area contributed by atoms with Crippen molar-refractivity contribution < 1.29 is 14.7 Å². The first-order chi connectivity index (χ1) is 10.1. The van der Waals surface area contributed by atoms with Gasteiger partial charge in [0, 0.05) is 24.5 Å². The van der Waals surface area contributed by atoms with Crippen LogP contribution < -0.4 is 11.1 Å². The Balaban J connectivity index is 2.01. The fourth-order valence-corrected chi connectivity index (χ4v) is 1.79. The van der Waals surface area contributed by atoms with E-state index in [4.69, 9.17) is 10.8 Å². The van der Waals surface area contributed by atoms with Crippen LogP contribution in [0.3, 0.4) is 0 Å². The molecule has 1 aromatic heterocycles. The fourth-order valence-electron chi connectivity index (χ4n) is 1.79. The highest BCUT2D eigenvalue weighted by Crippen LogP contribution is 2.14. The quantitative estimate of drug-likeness (QED) is 0.734. The molecule has 1 amide bonds. The van der Waals surface area contributed by atoms with E-state index in [9.17, 15) is 9.59 Å². The molecular formula is C14H16N4O3. The first-order valence-corrected chi connectivity index (χ1v) is 6.44. The summed E-state index contributed by atoms with van der Waals surface area (Å²) < 4.78 is 1.67. The lowest BCUT2D eigenvalue weighted by atomic mass is 10.1. The van der Waals surface area contributed by atoms with Crippen molar-refractivity contribution in [3.8, 4) is 5.69 Å². The number of hydrogen-bond acceptors (Lipinski definition) is 4. The van der Waals surface area contributed by atoms with E-state index in [2.05, 4.69) is 10.4 Å². The number of carbonyl (C=O) groups excluding carboxylic acids is 1. The Labute approximate surface area is 121 Å². The van der Waals surface area contributed by atoms with Crippen molar-refractivity contribution in [2.75, 3.05) is 5.32 Å². The van der Waals surface area contributed by atoms with E-state index in [0.29, 0.717) is 5.69 Å². The average Bonchev–Trinajstić information content (AvgIpc) is 2.99. The fraction of sp³-hybridized carbons (Fsp3) is 0.214. The molecule has 2 aromatic rings. The second-order valence-electron chi connectivity index (χ2n) is 4.53. The van der Waals surface area contributed by atoms with Gasteiger partial charge in [-0.05, 0) is 30.7 Å². The summed E-state index contributed by atoms with van der Waals surface area (Å²) >= 11 is 0. The first-order valence-electron chi connectivity index (χ1n) is 6.44. The second kappa shape index (κ2) is 6.67. The van der Waals surface area contributed by atoms with Crippen molar-refractivity contribution in [1.29, 1.82) is 0 Å². The molecule has 7 heteroatoms. The molecule has 0 bridgehead atoms. The van der Waals surface area contributed by atoms with Gasteiger partial charge in [-0.1, -0.05) is 6.07 Å². The summed E-state index contributed by atoms with van der Waals surface area (Å²) in [6, 6.07) is 8.08. The molecule has 1 unspecified atom stereocenters. The molecule has 110 valence electrons. The molecule has 2 rings (SSSR count). The average molecular weight is 288 g/mol. The van der Waals surface area contributed by atoms with Gasteiger partial charge in [0.15, 0.2) is 0 Å². The van der Waals surface area contributed by atoms with Crippen molar-refractivity contribution in [2.24, 2.45) is 5.73 Å². The zero-order chi connectivity index (χ0) is 15.2. The van der Waals surface area contributed by atoms with Gasteiger partial charge in [-0.3, -0.25) is 9.59 Å². The van der Waals surface area contributed by atoms with Crippen LogP contribution in [0.2, 0.25) is 0 Å². The second-order valence-corrected chi connectivity index (χ2v) is 4.53. The highest BCUT2D eigenvalue weighted by atomic mass is 16.4. The molecule has 0 aliphatic heterocycles. The molecule has 0 aliphatic carbocycles. The number of nitrogens with zero attached hydrogens (tertiary/aromatic N) is 2. The van der Waals surface area contributed by atoms with Gasteiger partial charge in [-0.2, -0.15) is 5.10 Å². The number of benzene rings is 1. The molecule has 1 atom stereocenters. The van der Waals surface area contributed by atoms with Crippen molar-refractivity contribution in [2.45, 2.75) is 18.9 Å². The third-order valence-electron chi connectivity index (χ3n) is 2.89. The molecule has 0 radical (unpaired) electrons. The van der Waals surface area contributed by atoms with Crippen LogP contribution in [0.4, 0.5) is 5.69 Å². The van der Waals surface area contributed by atoms with E-state index in [0.717, 1.165) is 5.69 Å². The van der Waals surface area contributed by atoms with E-state index in [1.54, 1.807) is 41.3 Å². The number of aliphatic carboxylic acids is 1. The number of nitrogens with two attached hydrogens (primary N) is 1. The number of hydrogen-bond donors (Lipinski definition) is 3. The summed E-state index contributed by atoms with van der Waals surface area (Å²) in [6.45, 7) is 0. The van der Waals surface area contributed by atoms with Crippen LogP contribution in [-0.4, -0.2) is 32.8 Å². The van der Waals surface area contributed by atoms with Gasteiger partial charge >= 0.3 is 5.97 Å². The lowest BCUT2D eigenvalue weighted by Crippen LogP contribution is -2.36. The maximum Gasteiger partial charge on any atom is 0.303 e. The topological polar surface area (TPSA) is 110 Å². The third kappa shape index (κ3) is 4.15. The Bertz CT molecular complexity index is 625. The predicted octanol–water partition coefficient (Wildman–Crippen LogP) is 1.00. The maximum atomic E-state index is 11.9. The smallest absolute Gasteiger partial charge is 0.303 e. The number of carboxylic acids is 1. The minimum absolute atomic E-state index is 0.0972. The Kier molecular flexibility index (Phi) is 4.68. The lowest BCUT2D eigenvalue weighted by molar-refractivity contribution is -0.137. The van der Waals surface area contributed by atoms with Crippen molar-refractivity contribution in [1.82, 2.24) is 9.78 Å². The van der Waals surface area contributed by atoms with Gasteiger partial charge in [0.25, 0.3) is 0 Å². The van der Waals surface area contributed by atoms with Gasteiger partial charge in [0.1, 0.15) is 0 Å². The van der Waals surface area contributed by atoms with Crippen LogP contribution in [0.5, 0.6) is 0 Å². The zero-order valence-corrected chi connectivity index (χ0v) is 11.3. The molecule has 1 aromatic carbocycles. The van der Waals surface area contributed by atoms with Gasteiger partial charge in [0.05, 0.1) is 11.7 Å². The van der Waals surface area contributed by atoms with E-state index in [1.807, 2.05) is 6.07 Å². The highest BCUT2D eigenvalue weighted by Gasteiger charge is 2.15. The summed E-state index contributed by atoms with van der Waals surface area (Å²) in [5, 5.41) is 15.4. The molecule has 1 heterocycles. The Morgan fingerprint density at radius 1 is 1.38 bits per heavy atom. The Hall–Kier alpha value is -2.67. The number of aromatic nitrogens is 2. The number of amides is 1. The first kappa shape index (κ1) is 14.7. The van der Waals surface area contributed by atoms with Gasteiger partial charge in [-0.25, -0.2) is 4.68 Å². The minimum atomic E-state index is -0.973. The summed E-state index contributed by atoms with van der Waals surface area (Å²) in [6.07, 6.45) is 3.41. The maximum absolute atomic E-state index is 11.9. The normalized spacial score (nSPS) is 11.9. The molecule has 7 nitrogen and oxygen atoms in total. The molecule has 0 saturated carbocycles. The predicted molar refractivity (Wildman–Crippen MR) is 77.0 cm³/mol. The number of carbonyl (C=O) groups is 2. The highest BCUT2D eigenvalue weighted by molar-refractivity contribution is 5.95. The number of carboxylic acid groups (broad SMARTS) is 1. The number of rotatable bonds is 6. The van der Waals surface area contributed by atoms with Gasteiger partial charge in [-0.15, -0.1) is 0 Å². The molecule has 0 aliphatic rings. The van der Waals surface area contributed by atoms with E-state index in [1.165, 1.54) is 0 Å². The Morgan fingerprint density at radius 3 is 2.86 bits per heavy atom. The van der Waals surface area contributed by atoms with E-state index < -0.39 is 17.9 Å². The van der Waals surface area contributed by atoms with Gasteiger partial charge in [0.2, 0.25) is 5.91 Å². The summed E-state index contributed by atoms with van der Waals surface area (Å²) in [5.74, 6) is -1.38. The van der Waals surface area contributed by atoms with Crippen molar-refractivity contribution >= 4 is 17.6 Å². The van der Waals surface area contributed by atoms with Crippen LogP contribution in [0.1, 0.15) is 12.8 Å². The van der Waals surface area contributed by atoms with Gasteiger partial charge < -0.3 is 16.2 Å². The molecular weight excluding hydrogens is 272 g/mol. The molecule has 0 spiro atoms. The largest absolute Gasteiger partial charge is 0.481 e. The van der Waals surface area contributed by atoms with Crippen LogP contribution in [0.15, 0.2) is 42.7 Å². The van der Waals surface area contributed by atoms with Crippen LogP contribution in [0.25, 0.3) is 5.69 Å². The van der Waals surface area contributed by atoms with Crippen molar-refractivity contribution in [3.05, 3.63) is 42.7 Å². The number of nitrogens with one attached hydrogen (secondary N) is 1. The molecule has 0 fully saturated rings. The minimum Gasteiger partial charge on any atom is -0.481 e. The molecule has 21 heavy (non-hydrogen) atoms. The standard InChI is InChI=1S/C14H16N4O3/c15-12(5-6-13(19)20)14(21)17-10-3-1-4-11(9-10)18-8-2-7-16-18/h1-4,7-9,12H,5-6,15H2,(H,17,21)(H,19,20). The summed E-state index contributed by atoms with van der Waals surface area (Å²) in [7, 11) is 0. The Morgan fingerprint density at radius 2 is 2.19 bits per heavy atom. The van der Waals surface area contributed by atoms with E-state index in [-0.39, 0.29) is 12.8 Å². The third-order valence-corrected chi connectivity index (χ3v) is 2.89. The van der Waals surface area contributed by atoms with E-state index >= 15 is 0 Å². The van der Waals surface area contributed by atoms with Crippen LogP contribution in [-0.2, 0) is 9.59 Å². The van der Waals surface area contributed by atoms with Crippen LogP contribution >= 0.6 is 0 Å².